The summed E-state index contributed by atoms with van der Waals surface area (Å²) < 4.78 is 5.71. The predicted octanol–water partition coefficient (Wildman–Crippen LogP) is 4.80. The van der Waals surface area contributed by atoms with E-state index in [1.807, 2.05) is 6.26 Å². The zero-order valence-corrected chi connectivity index (χ0v) is 10.9. The van der Waals surface area contributed by atoms with E-state index in [2.05, 4.69) is 47.6 Å². The van der Waals surface area contributed by atoms with Gasteiger partial charge in [0.1, 0.15) is 5.76 Å². The van der Waals surface area contributed by atoms with Crippen LogP contribution in [0.25, 0.3) is 0 Å². The molecule has 0 aromatic carbocycles. The molecule has 0 aliphatic rings. The summed E-state index contributed by atoms with van der Waals surface area (Å²) >= 11 is 0. The molecule has 1 nitrogen and oxygen atoms in total. The Labute approximate surface area is 93.9 Å². The van der Waals surface area contributed by atoms with Crippen molar-refractivity contribution in [2.45, 2.75) is 53.4 Å². The van der Waals surface area contributed by atoms with Gasteiger partial charge in [0.25, 0.3) is 0 Å². The third kappa shape index (κ3) is 2.87. The summed E-state index contributed by atoms with van der Waals surface area (Å²) in [4.78, 5) is 0. The Kier molecular flexibility index (Phi) is 4.01. The molecule has 0 radical (unpaired) electrons. The molecular weight excluding hydrogens is 184 g/mol. The van der Waals surface area contributed by atoms with Gasteiger partial charge in [-0.25, -0.2) is 0 Å². The molecule has 1 aromatic heterocycles. The van der Waals surface area contributed by atoms with Crippen LogP contribution in [0.15, 0.2) is 16.7 Å². The maximum absolute atomic E-state index is 5.71. The smallest absolute Gasteiger partial charge is 0.107 e. The van der Waals surface area contributed by atoms with Crippen molar-refractivity contribution in [3.8, 4) is 0 Å². The van der Waals surface area contributed by atoms with Crippen LogP contribution < -0.4 is 0 Å². The van der Waals surface area contributed by atoms with Gasteiger partial charge in [0.2, 0.25) is 0 Å². The second-order valence-electron chi connectivity index (χ2n) is 5.45. The highest BCUT2D eigenvalue weighted by molar-refractivity contribution is 5.19. The minimum absolute atomic E-state index is 0.539. The molecule has 1 heterocycles. The SMILES string of the molecule is CC(C)c1coc(C(C(C)C)C(C)C)c1. The highest BCUT2D eigenvalue weighted by atomic mass is 16.3. The molecule has 1 rings (SSSR count). The fourth-order valence-electron chi connectivity index (χ4n) is 2.27. The summed E-state index contributed by atoms with van der Waals surface area (Å²) in [6.07, 6.45) is 1.91. The Balaban J connectivity index is 2.92. The Morgan fingerprint density at radius 3 is 1.80 bits per heavy atom. The van der Waals surface area contributed by atoms with Crippen molar-refractivity contribution in [2.75, 3.05) is 0 Å². The Hall–Kier alpha value is -0.720. The second-order valence-corrected chi connectivity index (χ2v) is 5.45. The summed E-state index contributed by atoms with van der Waals surface area (Å²) in [6, 6.07) is 2.23. The van der Waals surface area contributed by atoms with Crippen molar-refractivity contribution < 1.29 is 4.42 Å². The van der Waals surface area contributed by atoms with Crippen LogP contribution in [0.2, 0.25) is 0 Å². The highest BCUT2D eigenvalue weighted by Crippen LogP contribution is 2.34. The van der Waals surface area contributed by atoms with Gasteiger partial charge in [-0.15, -0.1) is 0 Å². The van der Waals surface area contributed by atoms with Crippen molar-refractivity contribution >= 4 is 0 Å². The van der Waals surface area contributed by atoms with Crippen molar-refractivity contribution in [3.63, 3.8) is 0 Å². The topological polar surface area (TPSA) is 13.1 Å². The van der Waals surface area contributed by atoms with E-state index in [0.29, 0.717) is 23.7 Å². The molecule has 0 saturated heterocycles. The van der Waals surface area contributed by atoms with Crippen LogP contribution in [0, 0.1) is 11.8 Å². The van der Waals surface area contributed by atoms with Gasteiger partial charge in [-0.1, -0.05) is 41.5 Å². The normalized spacial score (nSPS) is 12.4. The van der Waals surface area contributed by atoms with Crippen LogP contribution in [0.4, 0.5) is 0 Å². The lowest BCUT2D eigenvalue weighted by molar-refractivity contribution is 0.324. The first-order valence-corrected chi connectivity index (χ1v) is 6.01. The summed E-state index contributed by atoms with van der Waals surface area (Å²) in [7, 11) is 0. The fraction of sp³-hybridized carbons (Fsp3) is 0.714. The summed E-state index contributed by atoms with van der Waals surface area (Å²) in [5, 5.41) is 0. The molecule has 1 aromatic rings. The van der Waals surface area contributed by atoms with Gasteiger partial charge in [0.05, 0.1) is 6.26 Å². The van der Waals surface area contributed by atoms with Crippen molar-refractivity contribution in [1.29, 1.82) is 0 Å². The Morgan fingerprint density at radius 1 is 0.933 bits per heavy atom. The summed E-state index contributed by atoms with van der Waals surface area (Å²) in [5.41, 5.74) is 1.32. The predicted molar refractivity (Wildman–Crippen MR) is 65.2 cm³/mol. The van der Waals surface area contributed by atoms with E-state index in [0.717, 1.165) is 5.76 Å². The molecular formula is C14H24O. The highest BCUT2D eigenvalue weighted by Gasteiger charge is 2.23. The van der Waals surface area contributed by atoms with E-state index in [-0.39, 0.29) is 0 Å². The molecule has 0 atom stereocenters. The van der Waals surface area contributed by atoms with Crippen LogP contribution in [0.1, 0.15) is 64.7 Å². The van der Waals surface area contributed by atoms with Gasteiger partial charge in [0.15, 0.2) is 0 Å². The molecule has 0 amide bonds. The van der Waals surface area contributed by atoms with Gasteiger partial charge in [-0.05, 0) is 29.4 Å². The Morgan fingerprint density at radius 2 is 1.47 bits per heavy atom. The average molecular weight is 208 g/mol. The molecule has 15 heavy (non-hydrogen) atoms. The molecule has 0 unspecified atom stereocenters. The number of hydrogen-bond donors (Lipinski definition) is 0. The fourth-order valence-corrected chi connectivity index (χ4v) is 2.27. The van der Waals surface area contributed by atoms with E-state index in [4.69, 9.17) is 4.42 Å². The van der Waals surface area contributed by atoms with Crippen LogP contribution in [0.5, 0.6) is 0 Å². The van der Waals surface area contributed by atoms with Crippen LogP contribution in [0.3, 0.4) is 0 Å². The molecule has 86 valence electrons. The summed E-state index contributed by atoms with van der Waals surface area (Å²) in [5.74, 6) is 3.52. The second kappa shape index (κ2) is 4.87. The quantitative estimate of drug-likeness (QED) is 0.692. The van der Waals surface area contributed by atoms with Gasteiger partial charge in [-0.3, -0.25) is 0 Å². The van der Waals surface area contributed by atoms with Gasteiger partial charge < -0.3 is 4.42 Å². The molecule has 0 N–H and O–H groups in total. The van der Waals surface area contributed by atoms with E-state index in [1.54, 1.807) is 0 Å². The molecule has 0 fully saturated rings. The molecule has 1 heteroatoms. The molecule has 0 aliphatic carbocycles. The van der Waals surface area contributed by atoms with Crippen LogP contribution in [-0.2, 0) is 0 Å². The van der Waals surface area contributed by atoms with Crippen LogP contribution in [-0.4, -0.2) is 0 Å². The van der Waals surface area contributed by atoms with Crippen molar-refractivity contribution in [2.24, 2.45) is 11.8 Å². The van der Waals surface area contributed by atoms with Gasteiger partial charge >= 0.3 is 0 Å². The first kappa shape index (κ1) is 12.4. The maximum Gasteiger partial charge on any atom is 0.107 e. The largest absolute Gasteiger partial charge is 0.469 e. The van der Waals surface area contributed by atoms with Crippen LogP contribution >= 0.6 is 0 Å². The molecule has 0 bridgehead atoms. The minimum atomic E-state index is 0.539. The van der Waals surface area contributed by atoms with Crippen molar-refractivity contribution in [3.05, 3.63) is 23.7 Å². The molecule has 0 aliphatic heterocycles. The standard InChI is InChI=1S/C14H24O/c1-9(2)12-7-13(15-8-12)14(10(3)4)11(5)6/h7-11,14H,1-6H3. The molecule has 0 saturated carbocycles. The first-order valence-electron chi connectivity index (χ1n) is 6.01. The van der Waals surface area contributed by atoms with E-state index >= 15 is 0 Å². The minimum Gasteiger partial charge on any atom is -0.469 e. The van der Waals surface area contributed by atoms with Crippen molar-refractivity contribution in [1.82, 2.24) is 0 Å². The zero-order chi connectivity index (χ0) is 11.6. The van der Waals surface area contributed by atoms with E-state index < -0.39 is 0 Å². The number of rotatable bonds is 4. The first-order chi connectivity index (χ1) is 6.93. The van der Waals surface area contributed by atoms with Gasteiger partial charge in [-0.2, -0.15) is 0 Å². The van der Waals surface area contributed by atoms with Gasteiger partial charge in [0, 0.05) is 5.92 Å². The third-order valence-electron chi connectivity index (χ3n) is 3.07. The summed E-state index contributed by atoms with van der Waals surface area (Å²) in [6.45, 7) is 13.5. The monoisotopic (exact) mass is 208 g/mol. The lowest BCUT2D eigenvalue weighted by Gasteiger charge is -2.22. The lowest BCUT2D eigenvalue weighted by atomic mass is 9.83. The Bertz CT molecular complexity index is 286. The third-order valence-corrected chi connectivity index (χ3v) is 3.07. The van der Waals surface area contributed by atoms with E-state index in [9.17, 15) is 0 Å². The molecule has 0 spiro atoms. The number of furan rings is 1. The number of hydrogen-bond acceptors (Lipinski definition) is 1. The zero-order valence-electron chi connectivity index (χ0n) is 10.9. The maximum atomic E-state index is 5.71. The van der Waals surface area contributed by atoms with E-state index in [1.165, 1.54) is 5.56 Å². The average Bonchev–Trinajstić information content (AvgIpc) is 2.51. The lowest BCUT2D eigenvalue weighted by Crippen LogP contribution is -2.12.